The van der Waals surface area contributed by atoms with Crippen LogP contribution in [0.15, 0.2) is 18.2 Å². The van der Waals surface area contributed by atoms with Crippen molar-refractivity contribution in [2.45, 2.75) is 45.1 Å². The number of hydrogen-bond donors (Lipinski definition) is 2. The van der Waals surface area contributed by atoms with Crippen LogP contribution in [0.4, 0.5) is 5.69 Å². The number of aromatic amines is 1. The summed E-state index contributed by atoms with van der Waals surface area (Å²) < 4.78 is 4.86. The highest BCUT2D eigenvalue weighted by molar-refractivity contribution is 6.11. The average molecular weight is 357 g/mol. The first-order valence-electron chi connectivity index (χ1n) is 9.20. The van der Waals surface area contributed by atoms with Crippen LogP contribution in [0.1, 0.15) is 48.2 Å². The minimum Gasteiger partial charge on any atom is -0.464 e. The monoisotopic (exact) mass is 357 g/mol. The van der Waals surface area contributed by atoms with E-state index in [0.717, 1.165) is 29.3 Å². The van der Waals surface area contributed by atoms with Crippen LogP contribution in [0.2, 0.25) is 0 Å². The van der Waals surface area contributed by atoms with Gasteiger partial charge >= 0.3 is 5.97 Å². The molecule has 1 aromatic heterocycles. The summed E-state index contributed by atoms with van der Waals surface area (Å²) in [7, 11) is 3.33. The number of carbonyl (C=O) groups excluding carboxylic acids is 2. The van der Waals surface area contributed by atoms with Gasteiger partial charge in [0.05, 0.1) is 19.3 Å². The fraction of sp³-hybridized carbons (Fsp3) is 0.500. The molecule has 1 amide bonds. The molecule has 0 aliphatic heterocycles. The Morgan fingerprint density at radius 2 is 2.00 bits per heavy atom. The molecule has 6 heteroatoms. The Kier molecular flexibility index (Phi) is 5.61. The van der Waals surface area contributed by atoms with Crippen molar-refractivity contribution in [3.8, 4) is 0 Å². The number of rotatable bonds is 5. The molecule has 0 spiro atoms. The van der Waals surface area contributed by atoms with Crippen molar-refractivity contribution in [1.82, 2.24) is 9.88 Å². The highest BCUT2D eigenvalue weighted by Gasteiger charge is 2.23. The molecule has 140 valence electrons. The molecule has 0 saturated heterocycles. The van der Waals surface area contributed by atoms with Gasteiger partial charge in [0.25, 0.3) is 0 Å². The Morgan fingerprint density at radius 3 is 2.69 bits per heavy atom. The molecular weight excluding hydrogens is 330 g/mol. The number of ether oxygens (including phenoxy) is 1. The van der Waals surface area contributed by atoms with Crippen LogP contribution in [0.5, 0.6) is 0 Å². The number of amides is 1. The maximum atomic E-state index is 12.6. The van der Waals surface area contributed by atoms with Crippen LogP contribution in [-0.2, 0) is 9.53 Å². The molecule has 1 fully saturated rings. The standard InChI is InChI=1S/C20H27N3O3/c1-13-9-10-16-15(11-13)18(19(21-16)20(25)26-3)22-17(24)12-23(2)14-7-5-4-6-8-14/h9-11,14,21H,4-8,12H2,1-3H3,(H,22,24). The van der Waals surface area contributed by atoms with Gasteiger partial charge in [-0.05, 0) is 38.9 Å². The molecule has 2 N–H and O–H groups in total. The highest BCUT2D eigenvalue weighted by atomic mass is 16.5. The topological polar surface area (TPSA) is 74.4 Å². The number of carbonyl (C=O) groups is 2. The van der Waals surface area contributed by atoms with Crippen LogP contribution >= 0.6 is 0 Å². The van der Waals surface area contributed by atoms with E-state index in [1.54, 1.807) is 0 Å². The van der Waals surface area contributed by atoms with Crippen LogP contribution in [0.25, 0.3) is 10.9 Å². The summed E-state index contributed by atoms with van der Waals surface area (Å²) in [6.45, 7) is 2.29. The number of anilines is 1. The van der Waals surface area contributed by atoms with E-state index in [2.05, 4.69) is 15.2 Å². The molecule has 1 aromatic carbocycles. The number of nitrogens with zero attached hydrogens (tertiary/aromatic N) is 1. The third kappa shape index (κ3) is 3.90. The van der Waals surface area contributed by atoms with E-state index in [1.807, 2.05) is 32.2 Å². The first kappa shape index (κ1) is 18.5. The third-order valence-electron chi connectivity index (χ3n) is 5.20. The SMILES string of the molecule is COC(=O)c1[nH]c2ccc(C)cc2c1NC(=O)CN(C)C1CCCCC1. The lowest BCUT2D eigenvalue weighted by molar-refractivity contribution is -0.117. The minimum absolute atomic E-state index is 0.120. The Labute approximate surface area is 153 Å². The Balaban J connectivity index is 1.81. The van der Waals surface area contributed by atoms with Gasteiger partial charge in [0, 0.05) is 16.9 Å². The van der Waals surface area contributed by atoms with Crippen molar-refractivity contribution in [3.63, 3.8) is 0 Å². The molecule has 1 saturated carbocycles. The predicted molar refractivity (Wildman–Crippen MR) is 103 cm³/mol. The van der Waals surface area contributed by atoms with E-state index in [1.165, 1.54) is 26.4 Å². The third-order valence-corrected chi connectivity index (χ3v) is 5.20. The number of benzene rings is 1. The second-order valence-electron chi connectivity index (χ2n) is 7.17. The van der Waals surface area contributed by atoms with E-state index in [9.17, 15) is 9.59 Å². The number of hydrogen-bond acceptors (Lipinski definition) is 4. The van der Waals surface area contributed by atoms with Crippen molar-refractivity contribution in [2.75, 3.05) is 26.0 Å². The second-order valence-corrected chi connectivity index (χ2v) is 7.17. The molecule has 26 heavy (non-hydrogen) atoms. The smallest absolute Gasteiger partial charge is 0.356 e. The number of fused-ring (bicyclic) bond motifs is 1. The molecule has 0 unspecified atom stereocenters. The molecule has 1 aliphatic rings. The largest absolute Gasteiger partial charge is 0.464 e. The zero-order valence-electron chi connectivity index (χ0n) is 15.7. The zero-order valence-corrected chi connectivity index (χ0v) is 15.7. The van der Waals surface area contributed by atoms with E-state index in [-0.39, 0.29) is 11.6 Å². The quantitative estimate of drug-likeness (QED) is 0.804. The van der Waals surface area contributed by atoms with Gasteiger partial charge in [0.15, 0.2) is 0 Å². The molecule has 1 heterocycles. The number of nitrogens with one attached hydrogen (secondary N) is 2. The van der Waals surface area contributed by atoms with Gasteiger partial charge in [0.2, 0.25) is 5.91 Å². The predicted octanol–water partition coefficient (Wildman–Crippen LogP) is 3.47. The summed E-state index contributed by atoms with van der Waals surface area (Å²) in [4.78, 5) is 29.9. The fourth-order valence-corrected chi connectivity index (χ4v) is 3.75. The highest BCUT2D eigenvalue weighted by Crippen LogP contribution is 2.29. The molecule has 0 bridgehead atoms. The number of methoxy groups -OCH3 is 1. The molecule has 1 aliphatic carbocycles. The van der Waals surface area contributed by atoms with Gasteiger partial charge in [-0.15, -0.1) is 0 Å². The molecule has 3 rings (SSSR count). The molecule has 0 atom stereocenters. The average Bonchev–Trinajstić information content (AvgIpc) is 2.99. The van der Waals surface area contributed by atoms with Crippen LogP contribution in [0.3, 0.4) is 0 Å². The summed E-state index contributed by atoms with van der Waals surface area (Å²) in [5, 5.41) is 3.75. The number of H-pyrrole nitrogens is 1. The number of esters is 1. The van der Waals surface area contributed by atoms with Gasteiger partial charge in [0.1, 0.15) is 5.69 Å². The summed E-state index contributed by atoms with van der Waals surface area (Å²) in [5.41, 5.74) is 2.63. The van der Waals surface area contributed by atoms with E-state index in [0.29, 0.717) is 18.3 Å². The first-order chi connectivity index (χ1) is 12.5. The first-order valence-corrected chi connectivity index (χ1v) is 9.20. The lowest BCUT2D eigenvalue weighted by Crippen LogP contribution is -2.39. The van der Waals surface area contributed by atoms with Crippen LogP contribution in [-0.4, -0.2) is 48.5 Å². The lowest BCUT2D eigenvalue weighted by atomic mass is 9.94. The Morgan fingerprint density at radius 1 is 1.27 bits per heavy atom. The molecular formula is C20H27N3O3. The Hall–Kier alpha value is -2.34. The Bertz CT molecular complexity index is 806. The number of likely N-dealkylation sites (N-methyl/N-ethyl adjacent to an activating group) is 1. The molecule has 0 radical (unpaired) electrons. The van der Waals surface area contributed by atoms with E-state index < -0.39 is 5.97 Å². The van der Waals surface area contributed by atoms with Gasteiger partial charge < -0.3 is 15.0 Å². The summed E-state index contributed by atoms with van der Waals surface area (Å²) in [6, 6.07) is 6.28. The summed E-state index contributed by atoms with van der Waals surface area (Å²) >= 11 is 0. The van der Waals surface area contributed by atoms with Gasteiger partial charge in [-0.2, -0.15) is 0 Å². The van der Waals surface area contributed by atoms with E-state index in [4.69, 9.17) is 4.74 Å². The number of aryl methyl sites for hydroxylation is 1. The number of aromatic nitrogens is 1. The van der Waals surface area contributed by atoms with Crippen LogP contribution in [0, 0.1) is 6.92 Å². The summed E-state index contributed by atoms with van der Waals surface area (Å²) in [5.74, 6) is -0.611. The minimum atomic E-state index is -0.491. The lowest BCUT2D eigenvalue weighted by Gasteiger charge is -2.30. The van der Waals surface area contributed by atoms with Gasteiger partial charge in [-0.1, -0.05) is 30.9 Å². The summed E-state index contributed by atoms with van der Waals surface area (Å²) in [6.07, 6.45) is 6.02. The maximum absolute atomic E-state index is 12.6. The molecule has 6 nitrogen and oxygen atoms in total. The van der Waals surface area contributed by atoms with Crippen molar-refractivity contribution >= 4 is 28.5 Å². The fourth-order valence-electron chi connectivity index (χ4n) is 3.75. The van der Waals surface area contributed by atoms with Crippen molar-refractivity contribution in [2.24, 2.45) is 0 Å². The van der Waals surface area contributed by atoms with E-state index >= 15 is 0 Å². The second kappa shape index (κ2) is 7.91. The normalized spacial score (nSPS) is 15.4. The van der Waals surface area contributed by atoms with Crippen LogP contribution < -0.4 is 5.32 Å². The molecule has 2 aromatic rings. The van der Waals surface area contributed by atoms with Crippen molar-refractivity contribution < 1.29 is 14.3 Å². The van der Waals surface area contributed by atoms with Gasteiger partial charge in [-0.25, -0.2) is 4.79 Å². The maximum Gasteiger partial charge on any atom is 0.356 e. The zero-order chi connectivity index (χ0) is 18.7. The van der Waals surface area contributed by atoms with Crippen molar-refractivity contribution in [3.05, 3.63) is 29.5 Å². The van der Waals surface area contributed by atoms with Gasteiger partial charge in [-0.3, -0.25) is 9.69 Å². The van der Waals surface area contributed by atoms with Crippen molar-refractivity contribution in [1.29, 1.82) is 0 Å².